The number of hydrogen-bond donors (Lipinski definition) is 0. The third-order valence-electron chi connectivity index (χ3n) is 7.92. The molecule has 0 saturated heterocycles. The summed E-state index contributed by atoms with van der Waals surface area (Å²) in [4.78, 5) is 0. The van der Waals surface area contributed by atoms with Gasteiger partial charge in [-0.25, -0.2) is 8.78 Å². The van der Waals surface area contributed by atoms with Crippen LogP contribution in [-0.4, -0.2) is 0 Å². The monoisotopic (exact) mass is 642 g/mol. The van der Waals surface area contributed by atoms with E-state index in [0.29, 0.717) is 22.3 Å². The van der Waals surface area contributed by atoms with Crippen molar-refractivity contribution in [2.75, 3.05) is 0 Å². The van der Waals surface area contributed by atoms with Gasteiger partial charge in [-0.15, -0.1) is 0 Å². The molecular weight excluding hydrogens is 591 g/mol. The second-order valence-corrected chi connectivity index (χ2v) is 11.8. The molecule has 0 spiro atoms. The lowest BCUT2D eigenvalue weighted by atomic mass is 9.97. The summed E-state index contributed by atoms with van der Waals surface area (Å²) in [5.41, 5.74) is 9.97. The third kappa shape index (κ3) is 12.8. The van der Waals surface area contributed by atoms with E-state index in [9.17, 15) is 8.78 Å². The molecule has 0 aliphatic rings. The molecule has 0 nitrogen and oxygen atoms in total. The molecule has 0 bridgehead atoms. The Morgan fingerprint density at radius 3 is 1.73 bits per heavy atom. The molecule has 0 N–H and O–H groups in total. The van der Waals surface area contributed by atoms with Gasteiger partial charge in [-0.3, -0.25) is 0 Å². The molecule has 0 amide bonds. The zero-order valence-corrected chi connectivity index (χ0v) is 29.5. The van der Waals surface area contributed by atoms with E-state index in [1.165, 1.54) is 17.2 Å². The molecule has 3 aromatic carbocycles. The van der Waals surface area contributed by atoms with Crippen molar-refractivity contribution in [3.8, 4) is 22.3 Å². The maximum atomic E-state index is 14.6. The normalized spacial score (nSPS) is 11.2. The van der Waals surface area contributed by atoms with Gasteiger partial charge in [0.05, 0.1) is 0 Å². The van der Waals surface area contributed by atoms with E-state index in [-0.39, 0.29) is 11.4 Å². The summed E-state index contributed by atoms with van der Waals surface area (Å²) in [6.45, 7) is 31.5. The van der Waals surface area contributed by atoms with Gasteiger partial charge in [-0.1, -0.05) is 176 Å². The van der Waals surface area contributed by atoms with E-state index in [2.05, 4.69) is 96.6 Å². The molecule has 2 heteroatoms. The molecule has 0 fully saturated rings. The fourth-order valence-corrected chi connectivity index (χ4v) is 4.65. The summed E-state index contributed by atoms with van der Waals surface area (Å²) in [6.07, 6.45) is 14.5. The Morgan fingerprint density at radius 2 is 1.17 bits per heavy atom. The minimum atomic E-state index is -0.473. The van der Waals surface area contributed by atoms with E-state index in [1.54, 1.807) is 18.2 Å². The van der Waals surface area contributed by atoms with Gasteiger partial charge in [0.15, 0.2) is 0 Å². The van der Waals surface area contributed by atoms with E-state index in [0.717, 1.165) is 66.4 Å². The van der Waals surface area contributed by atoms with Crippen LogP contribution < -0.4 is 0 Å². The summed E-state index contributed by atoms with van der Waals surface area (Å²) in [6, 6.07) is 22.1. The van der Waals surface area contributed by atoms with Crippen LogP contribution in [0.4, 0.5) is 8.78 Å². The summed E-state index contributed by atoms with van der Waals surface area (Å²) >= 11 is 0. The highest BCUT2D eigenvalue weighted by atomic mass is 19.1. The maximum Gasteiger partial charge on any atom is 0.131 e. The minimum absolute atomic E-state index is 0.171. The van der Waals surface area contributed by atoms with Gasteiger partial charge < -0.3 is 0 Å². The van der Waals surface area contributed by atoms with Crippen molar-refractivity contribution in [1.29, 1.82) is 0 Å². The predicted molar refractivity (Wildman–Crippen MR) is 208 cm³/mol. The molecule has 3 rings (SSSR count). The van der Waals surface area contributed by atoms with Gasteiger partial charge in [-0.05, 0) is 82.4 Å². The molecular formula is C46H52F2. The van der Waals surface area contributed by atoms with Gasteiger partial charge in [-0.2, -0.15) is 0 Å². The van der Waals surface area contributed by atoms with E-state index in [1.807, 2.05) is 43.3 Å². The Morgan fingerprint density at radius 1 is 0.604 bits per heavy atom. The van der Waals surface area contributed by atoms with Crippen LogP contribution in [0, 0.1) is 5.82 Å². The zero-order chi connectivity index (χ0) is 35.6. The molecule has 0 saturated carbocycles. The fourth-order valence-electron chi connectivity index (χ4n) is 4.65. The van der Waals surface area contributed by atoms with Crippen LogP contribution in [0.3, 0.4) is 0 Å². The van der Waals surface area contributed by atoms with Crippen LogP contribution in [0.2, 0.25) is 0 Å². The number of rotatable bonds is 16. The average Bonchev–Trinajstić information content (AvgIpc) is 3.09. The lowest BCUT2D eigenvalue weighted by molar-refractivity contribution is 0.632. The van der Waals surface area contributed by atoms with E-state index >= 15 is 0 Å². The van der Waals surface area contributed by atoms with Gasteiger partial charge in [0.2, 0.25) is 0 Å². The predicted octanol–water partition coefficient (Wildman–Crippen LogP) is 14.2. The highest BCUT2D eigenvalue weighted by Crippen LogP contribution is 2.29. The molecule has 250 valence electrons. The first-order valence-electron chi connectivity index (χ1n) is 16.8. The van der Waals surface area contributed by atoms with Crippen LogP contribution >= 0.6 is 0 Å². The molecule has 0 aromatic heterocycles. The quantitative estimate of drug-likeness (QED) is 0.136. The second kappa shape index (κ2) is 20.4. The lowest BCUT2D eigenvalue weighted by Gasteiger charge is -2.08. The summed E-state index contributed by atoms with van der Waals surface area (Å²) < 4.78 is 28.9. The van der Waals surface area contributed by atoms with Crippen LogP contribution in [0.15, 0.2) is 176 Å². The highest BCUT2D eigenvalue weighted by molar-refractivity contribution is 5.71. The van der Waals surface area contributed by atoms with Crippen molar-refractivity contribution >= 4 is 0 Å². The number of allylic oxidation sites excluding steroid dienone is 12. The molecule has 3 aromatic rings. The van der Waals surface area contributed by atoms with Crippen molar-refractivity contribution in [2.24, 2.45) is 0 Å². The molecule has 0 radical (unpaired) electrons. The summed E-state index contributed by atoms with van der Waals surface area (Å²) in [5, 5.41) is 0. The molecule has 0 aliphatic carbocycles. The van der Waals surface area contributed by atoms with Crippen molar-refractivity contribution in [1.82, 2.24) is 0 Å². The maximum absolute atomic E-state index is 14.6. The molecule has 0 aliphatic heterocycles. The smallest absolute Gasteiger partial charge is 0.131 e. The average molecular weight is 643 g/mol. The van der Waals surface area contributed by atoms with Gasteiger partial charge in [0, 0.05) is 11.1 Å². The SMILES string of the molecule is C=C(/C=C\C(=C)C(=C)/C=C(/F)C(=C)C(=C)/C=C\C(=C)CCC)CC.CCCc1ccc(-c2ccc(-c3ccc(CC)cc3)cc2F)cc1. The van der Waals surface area contributed by atoms with Gasteiger partial charge in [0.1, 0.15) is 11.6 Å². The zero-order valence-electron chi connectivity index (χ0n) is 29.5. The van der Waals surface area contributed by atoms with Crippen LogP contribution in [0.1, 0.15) is 64.5 Å². The Labute approximate surface area is 289 Å². The number of aryl methyl sites for hydroxylation is 2. The summed E-state index contributed by atoms with van der Waals surface area (Å²) in [5.74, 6) is -0.644. The van der Waals surface area contributed by atoms with E-state index in [4.69, 9.17) is 0 Å². The van der Waals surface area contributed by atoms with E-state index < -0.39 is 5.83 Å². The Bertz CT molecular complexity index is 1690. The van der Waals surface area contributed by atoms with Crippen molar-refractivity contribution in [2.45, 2.75) is 66.2 Å². The topological polar surface area (TPSA) is 0 Å². The number of hydrogen-bond acceptors (Lipinski definition) is 0. The third-order valence-corrected chi connectivity index (χ3v) is 7.92. The first-order valence-corrected chi connectivity index (χ1v) is 16.8. The summed E-state index contributed by atoms with van der Waals surface area (Å²) in [7, 11) is 0. The van der Waals surface area contributed by atoms with Crippen molar-refractivity contribution in [3.63, 3.8) is 0 Å². The highest BCUT2D eigenvalue weighted by Gasteiger charge is 2.08. The minimum Gasteiger partial charge on any atom is -0.206 e. The molecule has 0 atom stereocenters. The second-order valence-electron chi connectivity index (χ2n) is 11.8. The van der Waals surface area contributed by atoms with Gasteiger partial charge in [0.25, 0.3) is 0 Å². The first-order chi connectivity index (χ1) is 22.9. The largest absolute Gasteiger partial charge is 0.206 e. The molecule has 48 heavy (non-hydrogen) atoms. The van der Waals surface area contributed by atoms with Crippen LogP contribution in [0.5, 0.6) is 0 Å². The standard InChI is InChI=1S/C23H23F.C23H29F/c1-3-5-18-8-12-20(13-9-18)22-15-14-21(16-23(22)24)19-10-6-17(4-2)7-11-19;1-9-11-18(4)13-15-20(6)22(8)23(24)16-21(7)19(5)14-12-17(3)10-2/h6-16H,3-5H2,1-2H3;12-16H,3-11H2,1-2H3/b;14-12-,15-13-,23-16+. The molecule has 0 heterocycles. The van der Waals surface area contributed by atoms with Crippen LogP contribution in [-0.2, 0) is 12.8 Å². The van der Waals surface area contributed by atoms with Crippen molar-refractivity contribution in [3.05, 3.63) is 193 Å². The number of halogens is 2. The van der Waals surface area contributed by atoms with Gasteiger partial charge >= 0.3 is 0 Å². The first kappa shape index (κ1) is 39.4. The Balaban J connectivity index is 0.000000333. The molecule has 0 unspecified atom stereocenters. The van der Waals surface area contributed by atoms with Crippen LogP contribution in [0.25, 0.3) is 22.3 Å². The lowest BCUT2D eigenvalue weighted by Crippen LogP contribution is -1.88. The Hall–Kier alpha value is -4.82. The van der Waals surface area contributed by atoms with Crippen molar-refractivity contribution < 1.29 is 8.78 Å². The Kier molecular flexibility index (Phi) is 16.7. The number of benzene rings is 3. The fraction of sp³-hybridized carbons (Fsp3) is 0.217.